The molecule has 0 amide bonds. The molecule has 5 nitrogen and oxygen atoms in total. The molecule has 2 heterocycles. The van der Waals surface area contributed by atoms with E-state index in [9.17, 15) is 8.42 Å². The molecular formula is C10H21ClN2O3S. The molecule has 2 fully saturated rings. The molecule has 0 aromatic heterocycles. The van der Waals surface area contributed by atoms with Crippen molar-refractivity contribution in [2.24, 2.45) is 0 Å². The van der Waals surface area contributed by atoms with Crippen LogP contribution in [0.15, 0.2) is 0 Å². The van der Waals surface area contributed by atoms with Crippen LogP contribution < -0.4 is 10.0 Å². The number of nitrogens with one attached hydrogen (secondary N) is 2. The number of piperidine rings is 1. The number of hydrogen-bond acceptors (Lipinski definition) is 4. The van der Waals surface area contributed by atoms with E-state index in [-0.39, 0.29) is 30.3 Å². The van der Waals surface area contributed by atoms with E-state index in [2.05, 4.69) is 10.0 Å². The minimum Gasteiger partial charge on any atom is -0.377 e. The molecule has 2 unspecified atom stereocenters. The monoisotopic (exact) mass is 284 g/mol. The Morgan fingerprint density at radius 1 is 1.29 bits per heavy atom. The molecule has 2 atom stereocenters. The summed E-state index contributed by atoms with van der Waals surface area (Å²) in [7, 11) is -3.18. The summed E-state index contributed by atoms with van der Waals surface area (Å²) in [6.07, 6.45) is 3.70. The van der Waals surface area contributed by atoms with Crippen LogP contribution in [0.1, 0.15) is 25.7 Å². The van der Waals surface area contributed by atoms with Crippen LogP contribution in [0, 0.1) is 0 Å². The molecule has 0 radical (unpaired) electrons. The fourth-order valence-corrected chi connectivity index (χ4v) is 3.83. The van der Waals surface area contributed by atoms with E-state index in [1.54, 1.807) is 0 Å². The first kappa shape index (κ1) is 15.2. The van der Waals surface area contributed by atoms with Crippen molar-refractivity contribution in [1.82, 2.24) is 10.0 Å². The van der Waals surface area contributed by atoms with Crippen molar-refractivity contribution in [2.45, 2.75) is 37.8 Å². The van der Waals surface area contributed by atoms with E-state index < -0.39 is 10.0 Å². The second kappa shape index (κ2) is 6.89. The van der Waals surface area contributed by atoms with Crippen LogP contribution in [-0.4, -0.2) is 46.0 Å². The number of rotatable bonds is 4. The van der Waals surface area contributed by atoms with Crippen molar-refractivity contribution in [3.8, 4) is 0 Å². The van der Waals surface area contributed by atoms with Gasteiger partial charge < -0.3 is 10.1 Å². The number of halogens is 1. The standard InChI is InChI=1S/C10H20N2O3S.ClH/c13-16(14,8-10-4-2-6-15-10)12-9-3-1-5-11-7-9;/h9-12H,1-8H2;1H. The molecule has 102 valence electrons. The highest BCUT2D eigenvalue weighted by molar-refractivity contribution is 7.89. The maximum Gasteiger partial charge on any atom is 0.214 e. The average molecular weight is 285 g/mol. The summed E-state index contributed by atoms with van der Waals surface area (Å²) in [5.41, 5.74) is 0. The molecule has 7 heteroatoms. The van der Waals surface area contributed by atoms with E-state index in [4.69, 9.17) is 4.74 Å². The summed E-state index contributed by atoms with van der Waals surface area (Å²) in [5.74, 6) is 0.115. The third kappa shape index (κ3) is 5.09. The average Bonchev–Trinajstić information content (AvgIpc) is 2.70. The fraction of sp³-hybridized carbons (Fsp3) is 1.00. The van der Waals surface area contributed by atoms with Gasteiger partial charge in [0.25, 0.3) is 0 Å². The summed E-state index contributed by atoms with van der Waals surface area (Å²) in [6, 6.07) is 0.0557. The predicted octanol–water partition coefficient (Wildman–Crippen LogP) is 0.259. The van der Waals surface area contributed by atoms with Crippen LogP contribution in [0.25, 0.3) is 0 Å². The van der Waals surface area contributed by atoms with Gasteiger partial charge in [-0.05, 0) is 32.2 Å². The van der Waals surface area contributed by atoms with Crippen LogP contribution in [0.5, 0.6) is 0 Å². The third-order valence-corrected chi connectivity index (χ3v) is 4.58. The first-order valence-corrected chi connectivity index (χ1v) is 7.63. The Morgan fingerprint density at radius 3 is 2.71 bits per heavy atom. The van der Waals surface area contributed by atoms with Gasteiger partial charge >= 0.3 is 0 Å². The van der Waals surface area contributed by atoms with Gasteiger partial charge in [-0.15, -0.1) is 12.4 Å². The van der Waals surface area contributed by atoms with Gasteiger partial charge in [-0.1, -0.05) is 0 Å². The smallest absolute Gasteiger partial charge is 0.214 e. The van der Waals surface area contributed by atoms with Gasteiger partial charge in [-0.2, -0.15) is 0 Å². The summed E-state index contributed by atoms with van der Waals surface area (Å²) < 4.78 is 31.8. The topological polar surface area (TPSA) is 67.4 Å². The number of hydrogen-bond donors (Lipinski definition) is 2. The Kier molecular flexibility index (Phi) is 6.16. The second-order valence-corrected chi connectivity index (χ2v) is 6.38. The quantitative estimate of drug-likeness (QED) is 0.777. The highest BCUT2D eigenvalue weighted by Crippen LogP contribution is 2.14. The normalized spacial score (nSPS) is 29.9. The zero-order valence-corrected chi connectivity index (χ0v) is 11.5. The van der Waals surface area contributed by atoms with Crippen molar-refractivity contribution in [2.75, 3.05) is 25.4 Å². The number of sulfonamides is 1. The Hall–Kier alpha value is 0.120. The largest absolute Gasteiger partial charge is 0.377 e. The zero-order chi connectivity index (χ0) is 11.4. The molecule has 0 aromatic rings. The summed E-state index contributed by atoms with van der Waals surface area (Å²) in [4.78, 5) is 0. The van der Waals surface area contributed by atoms with Crippen molar-refractivity contribution in [1.29, 1.82) is 0 Å². The Balaban J connectivity index is 0.00000144. The van der Waals surface area contributed by atoms with E-state index in [0.29, 0.717) is 6.61 Å². The molecule has 0 bridgehead atoms. The van der Waals surface area contributed by atoms with E-state index in [1.807, 2.05) is 0 Å². The molecule has 2 aliphatic rings. The summed E-state index contributed by atoms with van der Waals surface area (Å²) in [6.45, 7) is 2.43. The van der Waals surface area contributed by atoms with Gasteiger partial charge in [0.05, 0.1) is 11.9 Å². The van der Waals surface area contributed by atoms with E-state index in [1.165, 1.54) is 0 Å². The maximum absolute atomic E-state index is 11.8. The minimum atomic E-state index is -3.18. The lowest BCUT2D eigenvalue weighted by Crippen LogP contribution is -2.47. The third-order valence-electron chi connectivity index (χ3n) is 3.07. The van der Waals surface area contributed by atoms with Crippen LogP contribution in [-0.2, 0) is 14.8 Å². The highest BCUT2D eigenvalue weighted by atomic mass is 35.5. The first-order valence-electron chi connectivity index (χ1n) is 5.98. The first-order chi connectivity index (χ1) is 7.66. The summed E-state index contributed by atoms with van der Waals surface area (Å²) in [5, 5.41) is 3.19. The molecule has 17 heavy (non-hydrogen) atoms. The predicted molar refractivity (Wildman–Crippen MR) is 69.0 cm³/mol. The van der Waals surface area contributed by atoms with Crippen molar-refractivity contribution < 1.29 is 13.2 Å². The van der Waals surface area contributed by atoms with Gasteiger partial charge in [0.2, 0.25) is 10.0 Å². The molecule has 2 aliphatic heterocycles. The highest BCUT2D eigenvalue weighted by Gasteiger charge is 2.26. The molecule has 2 rings (SSSR count). The molecule has 0 spiro atoms. The minimum absolute atomic E-state index is 0. The molecule has 0 aliphatic carbocycles. The molecule has 2 saturated heterocycles. The van der Waals surface area contributed by atoms with Gasteiger partial charge in [0.1, 0.15) is 0 Å². The Bertz CT molecular complexity index is 312. The molecule has 0 saturated carbocycles. The molecule has 0 aromatic carbocycles. The zero-order valence-electron chi connectivity index (χ0n) is 9.85. The Labute approximate surface area is 109 Å². The van der Waals surface area contributed by atoms with Crippen molar-refractivity contribution in [3.63, 3.8) is 0 Å². The van der Waals surface area contributed by atoms with Crippen molar-refractivity contribution in [3.05, 3.63) is 0 Å². The van der Waals surface area contributed by atoms with Crippen LogP contribution in [0.4, 0.5) is 0 Å². The lowest BCUT2D eigenvalue weighted by molar-refractivity contribution is 0.127. The number of ether oxygens (including phenoxy) is 1. The van der Waals surface area contributed by atoms with Gasteiger partial charge in [-0.25, -0.2) is 13.1 Å². The summed E-state index contributed by atoms with van der Waals surface area (Å²) >= 11 is 0. The van der Waals surface area contributed by atoms with Crippen molar-refractivity contribution >= 4 is 22.4 Å². The second-order valence-electron chi connectivity index (χ2n) is 4.58. The van der Waals surface area contributed by atoms with Crippen LogP contribution >= 0.6 is 12.4 Å². The maximum atomic E-state index is 11.8. The SMILES string of the molecule is Cl.O=S(=O)(CC1CCCO1)NC1CCCNC1. The van der Waals surface area contributed by atoms with Crippen LogP contribution in [0.2, 0.25) is 0 Å². The molecule has 2 N–H and O–H groups in total. The van der Waals surface area contributed by atoms with Crippen LogP contribution in [0.3, 0.4) is 0 Å². The molecular weight excluding hydrogens is 264 g/mol. The fourth-order valence-electron chi connectivity index (χ4n) is 2.27. The van der Waals surface area contributed by atoms with E-state index in [0.717, 1.165) is 38.8 Å². The lowest BCUT2D eigenvalue weighted by Gasteiger charge is -2.24. The van der Waals surface area contributed by atoms with Gasteiger partial charge in [0, 0.05) is 19.2 Å². The Morgan fingerprint density at radius 2 is 2.12 bits per heavy atom. The van der Waals surface area contributed by atoms with E-state index >= 15 is 0 Å². The lowest BCUT2D eigenvalue weighted by atomic mass is 10.1. The van der Waals surface area contributed by atoms with Gasteiger partial charge in [-0.3, -0.25) is 0 Å². The van der Waals surface area contributed by atoms with Gasteiger partial charge in [0.15, 0.2) is 0 Å².